The zero-order chi connectivity index (χ0) is 13.9. The first kappa shape index (κ1) is 14.3. The number of ether oxygens (including phenoxy) is 1. The maximum atomic E-state index is 12.1. The summed E-state index contributed by atoms with van der Waals surface area (Å²) in [5.74, 6) is 0.158. The number of hydrogen-bond donors (Lipinski definition) is 2. The van der Waals surface area contributed by atoms with Crippen LogP contribution in [0.4, 0.5) is 0 Å². The molecule has 0 atom stereocenters. The van der Waals surface area contributed by atoms with E-state index in [0.717, 1.165) is 11.1 Å². The molecule has 0 spiro atoms. The molecule has 7 heteroatoms. The van der Waals surface area contributed by atoms with Gasteiger partial charge in [0, 0.05) is 26.7 Å². The van der Waals surface area contributed by atoms with E-state index in [1.54, 1.807) is 12.1 Å². The van der Waals surface area contributed by atoms with Crippen molar-refractivity contribution in [1.29, 1.82) is 0 Å². The summed E-state index contributed by atoms with van der Waals surface area (Å²) in [5, 5.41) is 9.45. The van der Waals surface area contributed by atoms with Gasteiger partial charge in [-0.1, -0.05) is 6.07 Å². The van der Waals surface area contributed by atoms with Gasteiger partial charge in [0.2, 0.25) is 0 Å². The van der Waals surface area contributed by atoms with Crippen LogP contribution in [0.2, 0.25) is 0 Å². The molecular formula is C12H18N2O4S. The molecule has 2 rings (SSSR count). The summed E-state index contributed by atoms with van der Waals surface area (Å²) >= 11 is 0. The molecule has 6 nitrogen and oxygen atoms in total. The average molecular weight is 286 g/mol. The molecule has 1 heterocycles. The Balaban J connectivity index is 2.08. The number of nitrogens with one attached hydrogen (secondary N) is 1. The molecule has 1 aliphatic heterocycles. The van der Waals surface area contributed by atoms with Gasteiger partial charge in [0.25, 0.3) is 10.2 Å². The zero-order valence-corrected chi connectivity index (χ0v) is 11.6. The van der Waals surface area contributed by atoms with Crippen LogP contribution in [-0.4, -0.2) is 44.6 Å². The number of aromatic hydroxyl groups is 1. The monoisotopic (exact) mass is 286 g/mol. The molecule has 0 aromatic heterocycles. The summed E-state index contributed by atoms with van der Waals surface area (Å²) in [4.78, 5) is 0. The van der Waals surface area contributed by atoms with E-state index < -0.39 is 10.2 Å². The Morgan fingerprint density at radius 3 is 2.95 bits per heavy atom. The maximum Gasteiger partial charge on any atom is 0.279 e. The number of benzene rings is 1. The molecule has 0 radical (unpaired) electrons. The lowest BCUT2D eigenvalue weighted by Crippen LogP contribution is -2.44. The Morgan fingerprint density at radius 2 is 2.21 bits per heavy atom. The molecule has 0 bridgehead atoms. The molecule has 1 aliphatic rings. The molecule has 0 unspecified atom stereocenters. The summed E-state index contributed by atoms with van der Waals surface area (Å²) in [5.41, 5.74) is 1.93. The highest BCUT2D eigenvalue weighted by atomic mass is 32.2. The smallest absolute Gasteiger partial charge is 0.279 e. The van der Waals surface area contributed by atoms with Gasteiger partial charge < -0.3 is 9.84 Å². The fraction of sp³-hybridized carbons (Fsp3) is 0.500. The van der Waals surface area contributed by atoms with Crippen LogP contribution in [0.1, 0.15) is 11.1 Å². The number of fused-ring (bicyclic) bond motifs is 1. The molecule has 2 N–H and O–H groups in total. The van der Waals surface area contributed by atoms with Gasteiger partial charge >= 0.3 is 0 Å². The van der Waals surface area contributed by atoms with Gasteiger partial charge in [-0.25, -0.2) is 0 Å². The van der Waals surface area contributed by atoms with Gasteiger partial charge in [0.1, 0.15) is 5.75 Å². The third-order valence-corrected chi connectivity index (χ3v) is 4.66. The summed E-state index contributed by atoms with van der Waals surface area (Å²) < 4.78 is 32.8. The molecule has 106 valence electrons. The number of phenolic OH excluding ortho intramolecular Hbond substituents is 1. The highest BCUT2D eigenvalue weighted by Gasteiger charge is 2.26. The second kappa shape index (κ2) is 5.87. The predicted molar refractivity (Wildman–Crippen MR) is 71.0 cm³/mol. The van der Waals surface area contributed by atoms with Gasteiger partial charge in [0.15, 0.2) is 0 Å². The van der Waals surface area contributed by atoms with E-state index in [4.69, 9.17) is 4.74 Å². The lowest BCUT2D eigenvalue weighted by atomic mass is 10.0. The van der Waals surface area contributed by atoms with Crippen molar-refractivity contribution in [3.63, 3.8) is 0 Å². The van der Waals surface area contributed by atoms with Crippen LogP contribution in [0, 0.1) is 0 Å². The largest absolute Gasteiger partial charge is 0.508 e. The SMILES string of the molecule is COCCNS(=O)(=O)N1CCc2ccc(O)cc2C1. The van der Waals surface area contributed by atoms with Crippen LogP contribution in [0.25, 0.3) is 0 Å². The minimum absolute atomic E-state index is 0.158. The number of phenols is 1. The van der Waals surface area contributed by atoms with Crippen LogP contribution in [0.5, 0.6) is 5.75 Å². The summed E-state index contributed by atoms with van der Waals surface area (Å²) in [6.07, 6.45) is 0.654. The summed E-state index contributed by atoms with van der Waals surface area (Å²) in [6.45, 7) is 1.32. The van der Waals surface area contributed by atoms with Gasteiger partial charge in [-0.15, -0.1) is 0 Å². The Hall–Kier alpha value is -1.15. The van der Waals surface area contributed by atoms with Crippen LogP contribution in [0.15, 0.2) is 18.2 Å². The average Bonchev–Trinajstić information content (AvgIpc) is 2.38. The normalized spacial score (nSPS) is 16.3. The molecule has 0 saturated carbocycles. The fourth-order valence-corrected chi connectivity index (χ4v) is 3.25. The van der Waals surface area contributed by atoms with Crippen molar-refractivity contribution in [1.82, 2.24) is 9.03 Å². The highest BCUT2D eigenvalue weighted by molar-refractivity contribution is 7.87. The van der Waals surface area contributed by atoms with Gasteiger partial charge in [-0.3, -0.25) is 0 Å². The van der Waals surface area contributed by atoms with Crippen molar-refractivity contribution in [3.05, 3.63) is 29.3 Å². The second-order valence-electron chi connectivity index (χ2n) is 4.43. The molecule has 0 amide bonds. The Bertz CT molecular complexity index is 545. The molecule has 19 heavy (non-hydrogen) atoms. The van der Waals surface area contributed by atoms with E-state index in [0.29, 0.717) is 19.6 Å². The topological polar surface area (TPSA) is 78.9 Å². The van der Waals surface area contributed by atoms with Crippen LogP contribution >= 0.6 is 0 Å². The zero-order valence-electron chi connectivity index (χ0n) is 10.8. The minimum atomic E-state index is -3.49. The van der Waals surface area contributed by atoms with Crippen molar-refractivity contribution >= 4 is 10.2 Å². The van der Waals surface area contributed by atoms with E-state index in [9.17, 15) is 13.5 Å². The van der Waals surface area contributed by atoms with Crippen LogP contribution in [0.3, 0.4) is 0 Å². The maximum absolute atomic E-state index is 12.1. The fourth-order valence-electron chi connectivity index (χ4n) is 2.09. The second-order valence-corrected chi connectivity index (χ2v) is 6.18. The van der Waals surface area contributed by atoms with E-state index in [1.807, 2.05) is 6.07 Å². The molecular weight excluding hydrogens is 268 g/mol. The third kappa shape index (κ3) is 3.44. The number of hydrogen-bond acceptors (Lipinski definition) is 4. The summed E-state index contributed by atoms with van der Waals surface area (Å²) in [6, 6.07) is 5.08. The number of methoxy groups -OCH3 is 1. The van der Waals surface area contributed by atoms with Gasteiger partial charge in [-0.05, 0) is 29.7 Å². The molecule has 1 aromatic rings. The number of nitrogens with zero attached hydrogens (tertiary/aromatic N) is 1. The molecule has 1 aromatic carbocycles. The quantitative estimate of drug-likeness (QED) is 0.760. The van der Waals surface area contributed by atoms with E-state index in [-0.39, 0.29) is 18.8 Å². The molecule has 0 saturated heterocycles. The summed E-state index contributed by atoms with van der Waals surface area (Å²) in [7, 11) is -1.97. The van der Waals surface area contributed by atoms with E-state index in [1.165, 1.54) is 11.4 Å². The number of rotatable bonds is 5. The van der Waals surface area contributed by atoms with Gasteiger partial charge in [0.05, 0.1) is 6.61 Å². The minimum Gasteiger partial charge on any atom is -0.508 e. The standard InChI is InChI=1S/C12H18N2O4S/c1-18-7-5-13-19(16,17)14-6-4-10-2-3-12(15)8-11(10)9-14/h2-3,8,13,15H,4-7,9H2,1H3. The Morgan fingerprint density at radius 1 is 1.42 bits per heavy atom. The molecule has 0 fully saturated rings. The molecule has 0 aliphatic carbocycles. The van der Waals surface area contributed by atoms with Crippen molar-refractivity contribution < 1.29 is 18.3 Å². The third-order valence-electron chi connectivity index (χ3n) is 3.10. The first-order chi connectivity index (χ1) is 9.03. The first-order valence-corrected chi connectivity index (χ1v) is 7.51. The Labute approximate surface area is 113 Å². The predicted octanol–water partition coefficient (Wildman–Crippen LogP) is 0.231. The van der Waals surface area contributed by atoms with E-state index >= 15 is 0 Å². The van der Waals surface area contributed by atoms with Crippen molar-refractivity contribution in [3.8, 4) is 5.75 Å². The Kier molecular flexibility index (Phi) is 4.41. The van der Waals surface area contributed by atoms with Crippen LogP contribution in [-0.2, 0) is 27.9 Å². The first-order valence-electron chi connectivity index (χ1n) is 6.07. The van der Waals surface area contributed by atoms with Crippen molar-refractivity contribution in [2.75, 3.05) is 26.8 Å². The van der Waals surface area contributed by atoms with Crippen molar-refractivity contribution in [2.24, 2.45) is 0 Å². The lowest BCUT2D eigenvalue weighted by molar-refractivity contribution is 0.203. The highest BCUT2D eigenvalue weighted by Crippen LogP contribution is 2.24. The lowest BCUT2D eigenvalue weighted by Gasteiger charge is -2.28. The van der Waals surface area contributed by atoms with Crippen molar-refractivity contribution in [2.45, 2.75) is 13.0 Å². The van der Waals surface area contributed by atoms with Crippen LogP contribution < -0.4 is 4.72 Å². The van der Waals surface area contributed by atoms with E-state index in [2.05, 4.69) is 4.72 Å². The van der Waals surface area contributed by atoms with Gasteiger partial charge in [-0.2, -0.15) is 17.4 Å².